The summed E-state index contributed by atoms with van der Waals surface area (Å²) in [5.41, 5.74) is 12.6. The van der Waals surface area contributed by atoms with Crippen LogP contribution in [-0.2, 0) is 72.5 Å². The van der Waals surface area contributed by atoms with Crippen LogP contribution in [-0.4, -0.2) is 66.0 Å². The lowest BCUT2D eigenvalue weighted by molar-refractivity contribution is 0.125. The number of hydrogen-bond acceptors (Lipinski definition) is 9. The number of ether oxygens (including phenoxy) is 8. The molecule has 7 aromatic carbocycles. The van der Waals surface area contributed by atoms with Crippen LogP contribution in [0.3, 0.4) is 0 Å². The second-order valence-electron chi connectivity index (χ2n) is 19.7. The first-order valence-corrected chi connectivity index (χ1v) is 28.4. The highest BCUT2D eigenvalue weighted by Crippen LogP contribution is 2.29. The molecule has 0 spiro atoms. The van der Waals surface area contributed by atoms with Crippen molar-refractivity contribution in [3.8, 4) is 28.7 Å². The van der Waals surface area contributed by atoms with E-state index in [1.54, 1.807) is 0 Å². The van der Waals surface area contributed by atoms with Gasteiger partial charge in [0.05, 0.1) is 52.9 Å². The third-order valence-electron chi connectivity index (χ3n) is 14.0. The molecule has 0 radical (unpaired) electrons. The molecular weight excluding hydrogens is 959 g/mol. The molecule has 14 rings (SSSR count). The predicted octanol–water partition coefficient (Wildman–Crippen LogP) is 13.9. The van der Waals surface area contributed by atoms with E-state index in [4.69, 9.17) is 37.9 Å². The number of rotatable bonds is 0. The zero-order valence-electron chi connectivity index (χ0n) is 45.3. The Labute approximate surface area is 459 Å². The van der Waals surface area contributed by atoms with Gasteiger partial charge in [-0.3, -0.25) is 0 Å². The third kappa shape index (κ3) is 19.7. The van der Waals surface area contributed by atoms with Gasteiger partial charge in [-0.25, -0.2) is 0 Å². The van der Waals surface area contributed by atoms with Gasteiger partial charge in [0, 0.05) is 38.3 Å². The van der Waals surface area contributed by atoms with Gasteiger partial charge in [-0.05, 0) is 152 Å². The Bertz CT molecular complexity index is 2060. The molecule has 0 saturated carbocycles. The lowest BCUT2D eigenvalue weighted by atomic mass is 10.0. The Hall–Kier alpha value is -6.62. The van der Waals surface area contributed by atoms with Crippen molar-refractivity contribution in [1.29, 1.82) is 0 Å². The van der Waals surface area contributed by atoms with Gasteiger partial charge in [-0.15, -0.1) is 0 Å². The number of para-hydroxylation sites is 5. The quantitative estimate of drug-likeness (QED) is 0.160. The zero-order chi connectivity index (χ0) is 52.6. The van der Waals surface area contributed by atoms with Crippen molar-refractivity contribution in [2.24, 2.45) is 0 Å². The lowest BCUT2D eigenvalue weighted by Crippen LogP contribution is -2.16. The molecule has 0 aliphatic carbocycles. The second-order valence-corrected chi connectivity index (χ2v) is 19.7. The monoisotopic (exact) mass is 1040 g/mol. The standard InChI is InChI=1S/5C10H12O.C9H11NO.C9H10O2/c2*1-2-7-10-9(5-1)6-3-4-8-11-10;2*1-2-5-10-8-11-7-3-6-9(10)4-1;1-2-4-10-6-8-11-7-5-9(10)3-1;1-2-4-9-8(3-1)7-10-5-6-11-9;1-2-5-9-8(4-1)10-6-3-7-11-9/h2*1-2,5,7H,3-4,6,8H2;2*1-2,4-5H,3,6-8H2;1-4H,5-8H2;1-4,10H,5-7H2;1-2,4-5H,3,6-7H2. The van der Waals surface area contributed by atoms with Crippen LogP contribution >= 0.6 is 0 Å². The maximum atomic E-state index is 5.55. The van der Waals surface area contributed by atoms with E-state index in [2.05, 4.69) is 121 Å². The van der Waals surface area contributed by atoms with Crippen molar-refractivity contribution in [3.63, 3.8) is 0 Å². The minimum atomic E-state index is 0.761. The number of fused-ring (bicyclic) bond motifs is 7. The highest BCUT2D eigenvalue weighted by atomic mass is 16.5. The van der Waals surface area contributed by atoms with E-state index in [-0.39, 0.29) is 0 Å². The molecule has 0 fully saturated rings. The molecule has 0 saturated heterocycles. The number of nitrogens with one attached hydrogen (secondary N) is 1. The summed E-state index contributed by atoms with van der Waals surface area (Å²) in [5.74, 6) is 4.93. The molecule has 7 aliphatic heterocycles. The average molecular weight is 1040 g/mol. The number of benzene rings is 7. The Kier molecular flexibility index (Phi) is 24.6. The van der Waals surface area contributed by atoms with Crippen molar-refractivity contribution in [2.75, 3.05) is 66.0 Å². The van der Waals surface area contributed by atoms with Crippen molar-refractivity contribution in [1.82, 2.24) is 5.32 Å². The van der Waals surface area contributed by atoms with Gasteiger partial charge in [0.2, 0.25) is 0 Å². The van der Waals surface area contributed by atoms with Gasteiger partial charge in [0.1, 0.15) is 23.9 Å². The normalized spacial score (nSPS) is 16.6. The molecule has 0 bridgehead atoms. The van der Waals surface area contributed by atoms with Gasteiger partial charge in [-0.1, -0.05) is 140 Å². The maximum Gasteiger partial charge on any atom is 0.161 e. The highest BCUT2D eigenvalue weighted by Gasteiger charge is 2.11. The van der Waals surface area contributed by atoms with E-state index in [9.17, 15) is 0 Å². The van der Waals surface area contributed by atoms with E-state index in [1.807, 2.05) is 54.6 Å². The molecule has 77 heavy (non-hydrogen) atoms. The van der Waals surface area contributed by atoms with Gasteiger partial charge in [0.15, 0.2) is 11.5 Å². The van der Waals surface area contributed by atoms with Crippen LogP contribution in [0.4, 0.5) is 0 Å². The molecule has 7 heterocycles. The van der Waals surface area contributed by atoms with Crippen molar-refractivity contribution in [3.05, 3.63) is 220 Å². The van der Waals surface area contributed by atoms with Crippen LogP contribution in [0, 0.1) is 0 Å². The molecule has 9 nitrogen and oxygen atoms in total. The molecule has 1 N–H and O–H groups in total. The highest BCUT2D eigenvalue weighted by molar-refractivity contribution is 5.40. The summed E-state index contributed by atoms with van der Waals surface area (Å²) in [6, 6.07) is 58.2. The summed E-state index contributed by atoms with van der Waals surface area (Å²) >= 11 is 0. The van der Waals surface area contributed by atoms with Gasteiger partial charge in [0.25, 0.3) is 0 Å². The van der Waals surface area contributed by atoms with E-state index in [0.717, 1.165) is 147 Å². The molecule has 0 atom stereocenters. The first-order valence-electron chi connectivity index (χ1n) is 28.4. The summed E-state index contributed by atoms with van der Waals surface area (Å²) in [4.78, 5) is 0. The molecule has 406 valence electrons. The minimum absolute atomic E-state index is 0.761. The van der Waals surface area contributed by atoms with E-state index < -0.39 is 0 Å². The van der Waals surface area contributed by atoms with Crippen LogP contribution in [0.25, 0.3) is 0 Å². The predicted molar refractivity (Wildman–Crippen MR) is 309 cm³/mol. The smallest absolute Gasteiger partial charge is 0.161 e. The second kappa shape index (κ2) is 33.5. The summed E-state index contributed by atoms with van der Waals surface area (Å²) in [5, 5.41) is 3.28. The van der Waals surface area contributed by atoms with Crippen LogP contribution in [0.15, 0.2) is 170 Å². The molecular formula is C68H81NO8. The SMILES string of the molecule is c1ccc2c(c1)CCCCO2.c1ccc2c(c1)CCCCO2.c1ccc2c(c1)CCCOC2.c1ccc2c(c1)CCCOC2.c1ccc2c(c1)CCOCC2.c1ccc2c(c1)CNCCO2.c1ccc2c(c1)OCCCO2. The van der Waals surface area contributed by atoms with Crippen molar-refractivity contribution >= 4 is 0 Å². The fourth-order valence-electron chi connectivity index (χ4n) is 9.75. The van der Waals surface area contributed by atoms with E-state index >= 15 is 0 Å². The third-order valence-corrected chi connectivity index (χ3v) is 14.0. The molecule has 7 aromatic rings. The topological polar surface area (TPSA) is 85.9 Å². The zero-order valence-corrected chi connectivity index (χ0v) is 45.3. The Morgan fingerprint density at radius 3 is 1.05 bits per heavy atom. The first-order chi connectivity index (χ1) is 38.3. The molecule has 9 heteroatoms. The summed E-state index contributed by atoms with van der Waals surface area (Å²) in [7, 11) is 0. The molecule has 7 aliphatic rings. The van der Waals surface area contributed by atoms with Crippen LogP contribution < -0.4 is 29.0 Å². The van der Waals surface area contributed by atoms with E-state index in [0.29, 0.717) is 0 Å². The van der Waals surface area contributed by atoms with Crippen molar-refractivity contribution in [2.45, 2.75) is 103 Å². The maximum absolute atomic E-state index is 5.55. The Balaban J connectivity index is 0.000000119. The van der Waals surface area contributed by atoms with Gasteiger partial charge in [-0.2, -0.15) is 0 Å². The Morgan fingerprint density at radius 2 is 0.571 bits per heavy atom. The van der Waals surface area contributed by atoms with Crippen molar-refractivity contribution < 1.29 is 37.9 Å². The van der Waals surface area contributed by atoms with Crippen LogP contribution in [0.2, 0.25) is 0 Å². The summed E-state index contributed by atoms with van der Waals surface area (Å²) in [6.07, 6.45) is 15.1. The van der Waals surface area contributed by atoms with Crippen LogP contribution in [0.5, 0.6) is 28.7 Å². The molecule has 0 unspecified atom stereocenters. The van der Waals surface area contributed by atoms with Crippen LogP contribution in [0.1, 0.15) is 95.0 Å². The lowest BCUT2D eigenvalue weighted by Gasteiger charge is -2.04. The number of aryl methyl sites for hydroxylation is 4. The fraction of sp³-hybridized carbons (Fsp3) is 0.382. The summed E-state index contributed by atoms with van der Waals surface area (Å²) in [6.45, 7) is 11.1. The largest absolute Gasteiger partial charge is 0.493 e. The van der Waals surface area contributed by atoms with E-state index in [1.165, 1.54) is 101 Å². The van der Waals surface area contributed by atoms with Gasteiger partial charge < -0.3 is 43.2 Å². The fourth-order valence-corrected chi connectivity index (χ4v) is 9.75. The summed E-state index contributed by atoms with van der Waals surface area (Å²) < 4.78 is 43.6. The Morgan fingerprint density at radius 1 is 0.234 bits per heavy atom. The first kappa shape index (κ1) is 56.6. The van der Waals surface area contributed by atoms with Gasteiger partial charge >= 0.3 is 0 Å². The molecule has 0 aromatic heterocycles. The average Bonchev–Trinajstić information content (AvgIpc) is 4.23. The minimum Gasteiger partial charge on any atom is -0.493 e. The number of hydrogen-bond donors (Lipinski definition) is 1. The molecule has 0 amide bonds.